The van der Waals surface area contributed by atoms with Gasteiger partial charge in [-0.3, -0.25) is 4.79 Å². The summed E-state index contributed by atoms with van der Waals surface area (Å²) in [4.78, 5) is 12.0. The molecule has 0 fully saturated rings. The van der Waals surface area contributed by atoms with Crippen LogP contribution in [0.25, 0.3) is 0 Å². The van der Waals surface area contributed by atoms with Gasteiger partial charge in [0.25, 0.3) is 0 Å². The van der Waals surface area contributed by atoms with Gasteiger partial charge in [0.2, 0.25) is 5.78 Å². The van der Waals surface area contributed by atoms with Crippen molar-refractivity contribution in [1.82, 2.24) is 0 Å². The number of carbonyl (C=O) groups excluding carboxylic acids is 1. The Morgan fingerprint density at radius 2 is 2.06 bits per heavy atom. The largest absolute Gasteiger partial charge is 0.497 e. The summed E-state index contributed by atoms with van der Waals surface area (Å²) in [6.07, 6.45) is 0.262. The fourth-order valence-corrected chi connectivity index (χ4v) is 2.23. The number of carbonyl (C=O) groups is 1. The summed E-state index contributed by atoms with van der Waals surface area (Å²) in [5.41, 5.74) is 0.867. The van der Waals surface area contributed by atoms with E-state index in [-0.39, 0.29) is 12.2 Å². The fraction of sp³-hybridized carbons (Fsp3) is 0.154. The SMILES string of the molecule is COc1ccc(Br)c(CC(=O)c2ccc(Br)o2)c1. The highest BCUT2D eigenvalue weighted by molar-refractivity contribution is 9.10. The molecule has 1 heterocycles. The highest BCUT2D eigenvalue weighted by atomic mass is 79.9. The van der Waals surface area contributed by atoms with Gasteiger partial charge < -0.3 is 9.15 Å². The number of rotatable bonds is 4. The molecule has 0 aliphatic carbocycles. The molecule has 3 nitrogen and oxygen atoms in total. The number of hydrogen-bond acceptors (Lipinski definition) is 3. The van der Waals surface area contributed by atoms with Gasteiger partial charge in [0.15, 0.2) is 10.4 Å². The number of Topliss-reactive ketones (excluding diaryl/α,β-unsaturated/α-hetero) is 1. The number of ketones is 1. The summed E-state index contributed by atoms with van der Waals surface area (Å²) >= 11 is 6.59. The predicted molar refractivity (Wildman–Crippen MR) is 75.1 cm³/mol. The van der Waals surface area contributed by atoms with Gasteiger partial charge in [0.1, 0.15) is 5.75 Å². The van der Waals surface area contributed by atoms with E-state index < -0.39 is 0 Å². The van der Waals surface area contributed by atoms with E-state index in [0.29, 0.717) is 10.4 Å². The minimum Gasteiger partial charge on any atom is -0.497 e. The maximum absolute atomic E-state index is 12.0. The van der Waals surface area contributed by atoms with Crippen LogP contribution in [-0.4, -0.2) is 12.9 Å². The molecule has 0 radical (unpaired) electrons. The van der Waals surface area contributed by atoms with Gasteiger partial charge in [-0.15, -0.1) is 0 Å². The molecule has 0 spiro atoms. The van der Waals surface area contributed by atoms with E-state index in [1.165, 1.54) is 0 Å². The van der Waals surface area contributed by atoms with Gasteiger partial charge in [-0.25, -0.2) is 0 Å². The van der Waals surface area contributed by atoms with Crippen LogP contribution >= 0.6 is 31.9 Å². The van der Waals surface area contributed by atoms with Crippen molar-refractivity contribution in [3.05, 3.63) is 50.8 Å². The summed E-state index contributed by atoms with van der Waals surface area (Å²) in [6, 6.07) is 8.88. The highest BCUT2D eigenvalue weighted by Crippen LogP contribution is 2.24. The first-order valence-corrected chi connectivity index (χ1v) is 6.79. The second kappa shape index (κ2) is 5.71. The predicted octanol–water partition coefficient (Wildman–Crippen LogP) is 4.24. The highest BCUT2D eigenvalue weighted by Gasteiger charge is 2.13. The summed E-state index contributed by atoms with van der Waals surface area (Å²) in [5, 5.41) is 0. The Morgan fingerprint density at radius 3 is 2.67 bits per heavy atom. The minimum absolute atomic E-state index is 0.0744. The molecule has 0 aliphatic heterocycles. The van der Waals surface area contributed by atoms with E-state index in [1.54, 1.807) is 19.2 Å². The van der Waals surface area contributed by atoms with Crippen molar-refractivity contribution in [3.8, 4) is 5.75 Å². The van der Waals surface area contributed by atoms with Crippen molar-refractivity contribution in [2.45, 2.75) is 6.42 Å². The van der Waals surface area contributed by atoms with E-state index >= 15 is 0 Å². The molecule has 2 aromatic rings. The number of furan rings is 1. The first-order chi connectivity index (χ1) is 8.60. The minimum atomic E-state index is -0.0744. The van der Waals surface area contributed by atoms with Gasteiger partial charge >= 0.3 is 0 Å². The Kier molecular flexibility index (Phi) is 4.24. The van der Waals surface area contributed by atoms with E-state index in [2.05, 4.69) is 31.9 Å². The lowest BCUT2D eigenvalue weighted by atomic mass is 10.1. The first kappa shape index (κ1) is 13.4. The van der Waals surface area contributed by atoms with Crippen LogP contribution in [0.5, 0.6) is 5.75 Å². The standard InChI is InChI=1S/C13H10Br2O3/c1-17-9-2-3-10(14)8(6-9)7-11(16)12-4-5-13(15)18-12/h2-6H,7H2,1H3. The molecular formula is C13H10Br2O3. The first-order valence-electron chi connectivity index (χ1n) is 5.21. The second-order valence-corrected chi connectivity index (χ2v) is 5.30. The Bertz CT molecular complexity index is 575. The molecule has 0 unspecified atom stereocenters. The lowest BCUT2D eigenvalue weighted by Gasteiger charge is -2.05. The molecule has 0 amide bonds. The monoisotopic (exact) mass is 372 g/mol. The Labute approximate surface area is 121 Å². The molecule has 18 heavy (non-hydrogen) atoms. The lowest BCUT2D eigenvalue weighted by molar-refractivity contribution is 0.0965. The number of benzene rings is 1. The quantitative estimate of drug-likeness (QED) is 0.752. The van der Waals surface area contributed by atoms with Crippen molar-refractivity contribution in [3.63, 3.8) is 0 Å². The van der Waals surface area contributed by atoms with Gasteiger partial charge in [-0.1, -0.05) is 15.9 Å². The molecule has 0 atom stereocenters. The topological polar surface area (TPSA) is 39.4 Å². The lowest BCUT2D eigenvalue weighted by Crippen LogP contribution is -2.03. The molecule has 5 heteroatoms. The van der Waals surface area contributed by atoms with Crippen molar-refractivity contribution in [2.75, 3.05) is 7.11 Å². The molecule has 0 saturated carbocycles. The van der Waals surface area contributed by atoms with Crippen molar-refractivity contribution >= 4 is 37.6 Å². The zero-order chi connectivity index (χ0) is 13.1. The van der Waals surface area contributed by atoms with Crippen molar-refractivity contribution < 1.29 is 13.9 Å². The number of halogens is 2. The average Bonchev–Trinajstić information content (AvgIpc) is 2.79. The van der Waals surface area contributed by atoms with Crippen LogP contribution in [0.3, 0.4) is 0 Å². The molecule has 2 rings (SSSR count). The fourth-order valence-electron chi connectivity index (χ4n) is 1.54. The zero-order valence-electron chi connectivity index (χ0n) is 9.57. The maximum Gasteiger partial charge on any atom is 0.202 e. The zero-order valence-corrected chi connectivity index (χ0v) is 12.7. The third kappa shape index (κ3) is 3.03. The van der Waals surface area contributed by atoms with E-state index in [9.17, 15) is 4.79 Å². The molecular weight excluding hydrogens is 364 g/mol. The molecule has 94 valence electrons. The van der Waals surface area contributed by atoms with Crippen LogP contribution in [0.1, 0.15) is 16.1 Å². The molecule has 1 aromatic heterocycles. The number of ether oxygens (including phenoxy) is 1. The third-order valence-corrected chi connectivity index (χ3v) is 3.65. The molecule has 0 bridgehead atoms. The normalized spacial score (nSPS) is 10.4. The van der Waals surface area contributed by atoms with Crippen LogP contribution in [0.2, 0.25) is 0 Å². The maximum atomic E-state index is 12.0. The molecule has 0 saturated heterocycles. The van der Waals surface area contributed by atoms with Gasteiger partial charge in [-0.05, 0) is 51.8 Å². The molecule has 0 N–H and O–H groups in total. The summed E-state index contributed by atoms with van der Waals surface area (Å²) < 4.78 is 11.8. The summed E-state index contributed by atoms with van der Waals surface area (Å²) in [7, 11) is 1.60. The van der Waals surface area contributed by atoms with Crippen LogP contribution in [-0.2, 0) is 6.42 Å². The smallest absolute Gasteiger partial charge is 0.202 e. The Balaban J connectivity index is 2.21. The summed E-state index contributed by atoms with van der Waals surface area (Å²) in [5.74, 6) is 0.993. The number of hydrogen-bond donors (Lipinski definition) is 0. The third-order valence-electron chi connectivity index (χ3n) is 2.45. The van der Waals surface area contributed by atoms with Crippen molar-refractivity contribution in [2.24, 2.45) is 0 Å². The Morgan fingerprint density at radius 1 is 1.28 bits per heavy atom. The van der Waals surface area contributed by atoms with E-state index in [4.69, 9.17) is 9.15 Å². The second-order valence-electron chi connectivity index (χ2n) is 3.66. The molecule has 1 aromatic carbocycles. The van der Waals surface area contributed by atoms with Crippen LogP contribution < -0.4 is 4.74 Å². The number of methoxy groups -OCH3 is 1. The van der Waals surface area contributed by atoms with Crippen LogP contribution in [0.15, 0.2) is 43.9 Å². The average molecular weight is 374 g/mol. The van der Waals surface area contributed by atoms with Crippen LogP contribution in [0, 0.1) is 0 Å². The van der Waals surface area contributed by atoms with Gasteiger partial charge in [0.05, 0.1) is 7.11 Å². The van der Waals surface area contributed by atoms with Gasteiger partial charge in [0, 0.05) is 10.9 Å². The Hall–Kier alpha value is -1.07. The van der Waals surface area contributed by atoms with Gasteiger partial charge in [-0.2, -0.15) is 0 Å². The summed E-state index contributed by atoms with van der Waals surface area (Å²) in [6.45, 7) is 0. The molecule has 0 aliphatic rings. The van der Waals surface area contributed by atoms with E-state index in [1.807, 2.05) is 18.2 Å². The van der Waals surface area contributed by atoms with Crippen molar-refractivity contribution in [1.29, 1.82) is 0 Å². The van der Waals surface area contributed by atoms with Crippen LogP contribution in [0.4, 0.5) is 0 Å². The van der Waals surface area contributed by atoms with E-state index in [0.717, 1.165) is 15.8 Å².